The molecule has 6 nitrogen and oxygen atoms in total. The lowest BCUT2D eigenvalue weighted by Gasteiger charge is -2.26. The lowest BCUT2D eigenvalue weighted by atomic mass is 10.1. The Morgan fingerprint density at radius 1 is 1.22 bits per heavy atom. The van der Waals surface area contributed by atoms with Crippen LogP contribution >= 0.6 is 0 Å². The van der Waals surface area contributed by atoms with E-state index in [-0.39, 0.29) is 0 Å². The third kappa shape index (κ3) is 2.74. The molecule has 0 aliphatic carbocycles. The first-order valence-corrected chi connectivity index (χ1v) is 8.11. The first-order valence-electron chi connectivity index (χ1n) is 8.11. The van der Waals surface area contributed by atoms with Crippen LogP contribution in [0.25, 0.3) is 0 Å². The number of likely N-dealkylation sites (tertiary alicyclic amines) is 1. The van der Waals surface area contributed by atoms with Crippen LogP contribution in [0.3, 0.4) is 0 Å². The van der Waals surface area contributed by atoms with Gasteiger partial charge in [0.15, 0.2) is 0 Å². The Labute approximate surface area is 136 Å². The Morgan fingerprint density at radius 2 is 2.13 bits per heavy atom. The van der Waals surface area contributed by atoms with Crippen LogP contribution in [0.2, 0.25) is 0 Å². The fourth-order valence-electron chi connectivity index (χ4n) is 3.88. The lowest BCUT2D eigenvalue weighted by Crippen LogP contribution is -2.36. The van der Waals surface area contributed by atoms with Gasteiger partial charge in [0.2, 0.25) is 5.88 Å². The standard InChI is InChI=1S/C17H21N5O/c1-23-17-9-16(19-12-20-17)22-8-5-14-15(22)4-7-21(14)11-13-3-2-6-18-10-13/h2-3,6,9-10,12,14-15H,4-5,7-8,11H2,1H3/t14-,15+/m1/s1. The Bertz CT molecular complexity index is 665. The smallest absolute Gasteiger partial charge is 0.218 e. The van der Waals surface area contributed by atoms with Crippen molar-refractivity contribution in [3.8, 4) is 5.88 Å². The molecule has 2 aliphatic rings. The summed E-state index contributed by atoms with van der Waals surface area (Å²) in [5.41, 5.74) is 1.29. The SMILES string of the molecule is COc1cc(N2CC[C@@H]3[C@@H]2CCN3Cc2cccnc2)ncn1. The maximum atomic E-state index is 5.23. The predicted octanol–water partition coefficient (Wildman–Crippen LogP) is 1.73. The van der Waals surface area contributed by atoms with Gasteiger partial charge in [-0.3, -0.25) is 9.88 Å². The summed E-state index contributed by atoms with van der Waals surface area (Å²) >= 11 is 0. The molecule has 2 aromatic heterocycles. The molecule has 4 heterocycles. The van der Waals surface area contributed by atoms with Crippen molar-refractivity contribution >= 4 is 5.82 Å². The summed E-state index contributed by atoms with van der Waals surface area (Å²) in [7, 11) is 1.64. The van der Waals surface area contributed by atoms with E-state index in [9.17, 15) is 0 Å². The van der Waals surface area contributed by atoms with E-state index in [0.29, 0.717) is 18.0 Å². The number of aromatic nitrogens is 3. The Balaban J connectivity index is 1.49. The summed E-state index contributed by atoms with van der Waals surface area (Å²) in [4.78, 5) is 17.8. The number of pyridine rings is 1. The van der Waals surface area contributed by atoms with Gasteiger partial charge in [0.05, 0.1) is 7.11 Å². The third-order valence-corrected chi connectivity index (χ3v) is 4.93. The van der Waals surface area contributed by atoms with E-state index in [4.69, 9.17) is 4.74 Å². The quantitative estimate of drug-likeness (QED) is 0.857. The molecule has 2 atom stereocenters. The van der Waals surface area contributed by atoms with Crippen LogP contribution < -0.4 is 9.64 Å². The van der Waals surface area contributed by atoms with E-state index < -0.39 is 0 Å². The van der Waals surface area contributed by atoms with Crippen LogP contribution in [0.4, 0.5) is 5.82 Å². The van der Waals surface area contributed by atoms with Crippen molar-refractivity contribution in [3.63, 3.8) is 0 Å². The number of nitrogens with zero attached hydrogens (tertiary/aromatic N) is 5. The zero-order valence-corrected chi connectivity index (χ0v) is 13.3. The normalized spacial score (nSPS) is 24.0. The fourth-order valence-corrected chi connectivity index (χ4v) is 3.88. The van der Waals surface area contributed by atoms with Crippen LogP contribution in [0, 0.1) is 0 Å². The van der Waals surface area contributed by atoms with Gasteiger partial charge in [-0.25, -0.2) is 9.97 Å². The van der Waals surface area contributed by atoms with Gasteiger partial charge in [-0.1, -0.05) is 6.07 Å². The Hall–Kier alpha value is -2.21. The molecule has 0 aromatic carbocycles. The van der Waals surface area contributed by atoms with Crippen LogP contribution in [0.5, 0.6) is 5.88 Å². The average molecular weight is 311 g/mol. The van der Waals surface area contributed by atoms with E-state index in [2.05, 4.69) is 30.8 Å². The van der Waals surface area contributed by atoms with Gasteiger partial charge in [-0.15, -0.1) is 0 Å². The molecule has 23 heavy (non-hydrogen) atoms. The molecule has 2 aliphatic heterocycles. The van der Waals surface area contributed by atoms with Crippen LogP contribution in [0.1, 0.15) is 18.4 Å². The molecular formula is C17H21N5O. The lowest BCUT2D eigenvalue weighted by molar-refractivity contribution is 0.245. The second-order valence-electron chi connectivity index (χ2n) is 6.16. The second kappa shape index (κ2) is 6.12. The minimum atomic E-state index is 0.534. The van der Waals surface area contributed by atoms with E-state index in [1.807, 2.05) is 24.5 Å². The molecule has 2 saturated heterocycles. The van der Waals surface area contributed by atoms with Gasteiger partial charge in [-0.2, -0.15) is 0 Å². The molecule has 0 radical (unpaired) electrons. The molecule has 0 N–H and O–H groups in total. The molecule has 0 amide bonds. The molecule has 4 rings (SSSR count). The number of rotatable bonds is 4. The number of anilines is 1. The van der Waals surface area contributed by atoms with E-state index in [0.717, 1.165) is 25.5 Å². The summed E-state index contributed by atoms with van der Waals surface area (Å²) in [5, 5.41) is 0. The van der Waals surface area contributed by atoms with Crippen molar-refractivity contribution in [3.05, 3.63) is 42.5 Å². The molecule has 0 spiro atoms. The van der Waals surface area contributed by atoms with Crippen molar-refractivity contribution in [2.24, 2.45) is 0 Å². The third-order valence-electron chi connectivity index (χ3n) is 4.93. The molecule has 6 heteroatoms. The summed E-state index contributed by atoms with van der Waals surface area (Å²) in [5.74, 6) is 1.61. The van der Waals surface area contributed by atoms with Crippen molar-refractivity contribution in [1.29, 1.82) is 0 Å². The Kier molecular flexibility index (Phi) is 3.83. The molecule has 0 unspecified atom stereocenters. The molecule has 2 aromatic rings. The number of ether oxygens (including phenoxy) is 1. The van der Waals surface area contributed by atoms with Crippen molar-refractivity contribution in [2.45, 2.75) is 31.5 Å². The first-order chi connectivity index (χ1) is 11.3. The number of hydrogen-bond donors (Lipinski definition) is 0. The van der Waals surface area contributed by atoms with Crippen LogP contribution in [-0.4, -0.2) is 52.1 Å². The molecular weight excluding hydrogens is 290 g/mol. The summed E-state index contributed by atoms with van der Waals surface area (Å²) < 4.78 is 5.23. The van der Waals surface area contributed by atoms with Crippen LogP contribution in [-0.2, 0) is 6.54 Å². The number of hydrogen-bond acceptors (Lipinski definition) is 6. The highest BCUT2D eigenvalue weighted by molar-refractivity contribution is 5.44. The van der Waals surface area contributed by atoms with Crippen molar-refractivity contribution in [2.75, 3.05) is 25.1 Å². The maximum absolute atomic E-state index is 5.23. The van der Waals surface area contributed by atoms with Crippen molar-refractivity contribution in [1.82, 2.24) is 19.9 Å². The maximum Gasteiger partial charge on any atom is 0.218 e. The van der Waals surface area contributed by atoms with E-state index in [1.54, 1.807) is 13.4 Å². The van der Waals surface area contributed by atoms with Crippen LogP contribution in [0.15, 0.2) is 36.9 Å². The molecule has 120 valence electrons. The van der Waals surface area contributed by atoms with E-state index >= 15 is 0 Å². The minimum Gasteiger partial charge on any atom is -0.481 e. The van der Waals surface area contributed by atoms with Gasteiger partial charge < -0.3 is 9.64 Å². The number of methoxy groups -OCH3 is 1. The minimum absolute atomic E-state index is 0.534. The highest BCUT2D eigenvalue weighted by Crippen LogP contribution is 2.35. The number of fused-ring (bicyclic) bond motifs is 1. The second-order valence-corrected chi connectivity index (χ2v) is 6.16. The van der Waals surface area contributed by atoms with Gasteiger partial charge in [0, 0.05) is 50.2 Å². The largest absolute Gasteiger partial charge is 0.481 e. The summed E-state index contributed by atoms with van der Waals surface area (Å²) in [6, 6.07) is 7.23. The average Bonchev–Trinajstić information content (AvgIpc) is 3.19. The summed E-state index contributed by atoms with van der Waals surface area (Å²) in [6.45, 7) is 3.15. The van der Waals surface area contributed by atoms with Gasteiger partial charge >= 0.3 is 0 Å². The first kappa shape index (κ1) is 14.4. The zero-order valence-electron chi connectivity index (χ0n) is 13.3. The monoisotopic (exact) mass is 311 g/mol. The predicted molar refractivity (Wildman–Crippen MR) is 87.4 cm³/mol. The van der Waals surface area contributed by atoms with Crippen molar-refractivity contribution < 1.29 is 4.74 Å². The Morgan fingerprint density at radius 3 is 2.96 bits per heavy atom. The molecule has 2 fully saturated rings. The fraction of sp³-hybridized carbons (Fsp3) is 0.471. The highest BCUT2D eigenvalue weighted by Gasteiger charge is 2.42. The molecule has 0 bridgehead atoms. The van der Waals surface area contributed by atoms with Gasteiger partial charge in [-0.05, 0) is 24.5 Å². The topological polar surface area (TPSA) is 54.4 Å². The van der Waals surface area contributed by atoms with Gasteiger partial charge in [0.1, 0.15) is 12.1 Å². The zero-order chi connectivity index (χ0) is 15.6. The van der Waals surface area contributed by atoms with Gasteiger partial charge in [0.25, 0.3) is 0 Å². The molecule has 0 saturated carbocycles. The van der Waals surface area contributed by atoms with E-state index in [1.165, 1.54) is 18.4 Å². The summed E-state index contributed by atoms with van der Waals surface area (Å²) in [6.07, 6.45) is 7.74. The highest BCUT2D eigenvalue weighted by atomic mass is 16.5.